The summed E-state index contributed by atoms with van der Waals surface area (Å²) in [4.78, 5) is 38.3. The minimum atomic E-state index is -3.18. The van der Waals surface area contributed by atoms with Crippen molar-refractivity contribution in [3.63, 3.8) is 0 Å². The van der Waals surface area contributed by atoms with Gasteiger partial charge in [0.25, 0.3) is 5.56 Å². The summed E-state index contributed by atoms with van der Waals surface area (Å²) in [6, 6.07) is 8.62. The molecule has 3 atom stereocenters. The lowest BCUT2D eigenvalue weighted by Gasteiger charge is -2.25. The Morgan fingerprint density at radius 2 is 2.04 bits per heavy atom. The van der Waals surface area contributed by atoms with Crippen LogP contribution in [-0.2, 0) is 9.30 Å². The van der Waals surface area contributed by atoms with Gasteiger partial charge in [0.15, 0.2) is 0 Å². The number of esters is 1. The summed E-state index contributed by atoms with van der Waals surface area (Å²) in [6.07, 6.45) is 0.466. The predicted octanol–water partition coefficient (Wildman–Crippen LogP) is 0.665. The van der Waals surface area contributed by atoms with Gasteiger partial charge in [0.2, 0.25) is 0 Å². The van der Waals surface area contributed by atoms with Crippen molar-refractivity contribution in [2.75, 3.05) is 12.8 Å². The van der Waals surface area contributed by atoms with E-state index in [2.05, 4.69) is 4.98 Å². The molecule has 1 aliphatic heterocycles. The van der Waals surface area contributed by atoms with Crippen molar-refractivity contribution >= 4 is 18.4 Å². The van der Waals surface area contributed by atoms with Crippen molar-refractivity contribution < 1.29 is 19.2 Å². The molecule has 1 unspecified atom stereocenters. The molecule has 2 N–H and O–H groups in total. The maximum atomic E-state index is 13.7. The van der Waals surface area contributed by atoms with Gasteiger partial charge in [-0.2, -0.15) is 0 Å². The van der Waals surface area contributed by atoms with Crippen LogP contribution in [0, 0.1) is 0 Å². The first kappa shape index (κ1) is 18.4. The van der Waals surface area contributed by atoms with E-state index < -0.39 is 36.2 Å². The molecule has 1 fully saturated rings. The Morgan fingerprint density at radius 3 is 2.69 bits per heavy atom. The third-order valence-electron chi connectivity index (χ3n) is 4.47. The third-order valence-corrected chi connectivity index (χ3v) is 8.01. The maximum absolute atomic E-state index is 13.7. The number of aliphatic hydroxyl groups excluding tert-OH is 1. The number of hydrogen-bond donors (Lipinski definition) is 2. The molecule has 26 heavy (non-hydrogen) atoms. The summed E-state index contributed by atoms with van der Waals surface area (Å²) in [7, 11) is -3.18. The van der Waals surface area contributed by atoms with Crippen LogP contribution in [0.25, 0.3) is 0 Å². The minimum Gasteiger partial charge on any atom is -0.462 e. The molecule has 2 aromatic rings. The van der Waals surface area contributed by atoms with E-state index in [-0.39, 0.29) is 24.8 Å². The Kier molecular flexibility index (Phi) is 4.98. The number of rotatable bonds is 4. The molecular weight excluding hydrogens is 359 g/mol. The van der Waals surface area contributed by atoms with Gasteiger partial charge in [0, 0.05) is 17.7 Å². The zero-order chi connectivity index (χ0) is 18.9. The molecule has 1 aliphatic rings. The second kappa shape index (κ2) is 7.05. The van der Waals surface area contributed by atoms with Crippen molar-refractivity contribution in [2.45, 2.75) is 25.2 Å². The first-order valence-electron chi connectivity index (χ1n) is 8.23. The molecule has 9 heteroatoms. The molecule has 0 radical (unpaired) electrons. The lowest BCUT2D eigenvalue weighted by molar-refractivity contribution is 0.0522. The smallest absolute Gasteiger partial charge is 0.345 e. The molecule has 0 bridgehead atoms. The van der Waals surface area contributed by atoms with Crippen LogP contribution in [0.1, 0.15) is 29.5 Å². The number of aromatic amines is 1. The summed E-state index contributed by atoms with van der Waals surface area (Å²) < 4.78 is 19.5. The van der Waals surface area contributed by atoms with Crippen LogP contribution in [0.4, 0.5) is 0 Å². The molecule has 0 amide bonds. The lowest BCUT2D eigenvalue weighted by Crippen LogP contribution is -2.38. The predicted molar refractivity (Wildman–Crippen MR) is 95.5 cm³/mol. The van der Waals surface area contributed by atoms with E-state index >= 15 is 0 Å². The van der Waals surface area contributed by atoms with Crippen molar-refractivity contribution in [3.8, 4) is 0 Å². The standard InChI is InChI=1S/C17H19N2O6P/c1-2-25-16(22)12-10-19(17(23)18-14(12)21)15-13(20)8-9-26(15,24)11-6-4-3-5-7-11/h3-7,10,13,15,20H,2,8-9H2,1H3,(H,18,21,23)/t13-,15-,26?/m1/s1. The van der Waals surface area contributed by atoms with Gasteiger partial charge in [-0.3, -0.25) is 14.3 Å². The molecule has 1 aromatic carbocycles. The van der Waals surface area contributed by atoms with E-state index in [1.54, 1.807) is 37.3 Å². The highest BCUT2D eigenvalue weighted by atomic mass is 31.2. The van der Waals surface area contributed by atoms with Crippen LogP contribution in [0.3, 0.4) is 0 Å². The average Bonchev–Trinajstić information content (AvgIpc) is 2.92. The molecule has 138 valence electrons. The van der Waals surface area contributed by atoms with Crippen molar-refractivity contribution in [1.82, 2.24) is 9.55 Å². The molecule has 1 saturated heterocycles. The van der Waals surface area contributed by atoms with E-state index in [4.69, 9.17) is 4.74 Å². The summed E-state index contributed by atoms with van der Waals surface area (Å²) in [5.41, 5.74) is -2.08. The van der Waals surface area contributed by atoms with Crippen molar-refractivity contribution in [1.29, 1.82) is 0 Å². The van der Waals surface area contributed by atoms with E-state index in [1.807, 2.05) is 0 Å². The number of H-pyrrole nitrogens is 1. The quantitative estimate of drug-likeness (QED) is 0.596. The highest BCUT2D eigenvalue weighted by Crippen LogP contribution is 2.62. The second-order valence-electron chi connectivity index (χ2n) is 6.05. The summed E-state index contributed by atoms with van der Waals surface area (Å²) >= 11 is 0. The van der Waals surface area contributed by atoms with Gasteiger partial charge in [0.1, 0.15) is 18.5 Å². The highest BCUT2D eigenvalue weighted by Gasteiger charge is 2.47. The van der Waals surface area contributed by atoms with Crippen LogP contribution < -0.4 is 16.6 Å². The fourth-order valence-electron chi connectivity index (χ4n) is 3.27. The topological polar surface area (TPSA) is 118 Å². The number of carbonyl (C=O) groups excluding carboxylic acids is 1. The van der Waals surface area contributed by atoms with Crippen LogP contribution in [0.15, 0.2) is 46.1 Å². The number of benzene rings is 1. The number of aliphatic hydroxyl groups is 1. The van der Waals surface area contributed by atoms with Gasteiger partial charge < -0.3 is 14.4 Å². The van der Waals surface area contributed by atoms with Gasteiger partial charge in [0.05, 0.1) is 12.7 Å². The largest absolute Gasteiger partial charge is 0.462 e. The second-order valence-corrected chi connectivity index (χ2v) is 9.14. The summed E-state index contributed by atoms with van der Waals surface area (Å²) in [5.74, 6) is -1.94. The Morgan fingerprint density at radius 1 is 1.35 bits per heavy atom. The van der Waals surface area contributed by atoms with Crippen LogP contribution >= 0.6 is 7.14 Å². The van der Waals surface area contributed by atoms with E-state index in [0.717, 1.165) is 10.8 Å². The number of aromatic nitrogens is 2. The Labute approximate surface area is 148 Å². The SMILES string of the molecule is CCOC(=O)c1cn([C@H]2[C@H](O)CCP2(=O)c2ccccc2)c(=O)[nH]c1=O. The molecule has 8 nitrogen and oxygen atoms in total. The summed E-state index contributed by atoms with van der Waals surface area (Å²) in [5, 5.41) is 11.0. The zero-order valence-electron chi connectivity index (χ0n) is 14.1. The highest BCUT2D eigenvalue weighted by molar-refractivity contribution is 7.72. The van der Waals surface area contributed by atoms with Crippen LogP contribution in [-0.4, -0.2) is 39.5 Å². The maximum Gasteiger partial charge on any atom is 0.345 e. The number of carbonyl (C=O) groups is 1. The van der Waals surface area contributed by atoms with Gasteiger partial charge in [-0.05, 0) is 13.3 Å². The molecule has 0 saturated carbocycles. The van der Waals surface area contributed by atoms with E-state index in [0.29, 0.717) is 5.30 Å². The molecule has 3 rings (SSSR count). The number of ether oxygens (including phenoxy) is 1. The normalized spacial score (nSPS) is 25.2. The van der Waals surface area contributed by atoms with Gasteiger partial charge >= 0.3 is 11.7 Å². The first-order valence-corrected chi connectivity index (χ1v) is 10.2. The number of hydrogen-bond acceptors (Lipinski definition) is 6. The van der Waals surface area contributed by atoms with Gasteiger partial charge in [-0.1, -0.05) is 30.3 Å². The Bertz CT molecular complexity index is 981. The number of nitrogens with one attached hydrogen (secondary N) is 1. The molecule has 2 heterocycles. The van der Waals surface area contributed by atoms with Crippen molar-refractivity contribution in [3.05, 3.63) is 62.9 Å². The fraction of sp³-hybridized carbons (Fsp3) is 0.353. The lowest BCUT2D eigenvalue weighted by atomic mass is 10.2. The van der Waals surface area contributed by atoms with Crippen LogP contribution in [0.5, 0.6) is 0 Å². The molecular formula is C17H19N2O6P. The molecule has 0 aliphatic carbocycles. The van der Waals surface area contributed by atoms with Gasteiger partial charge in [-0.25, -0.2) is 9.59 Å². The zero-order valence-corrected chi connectivity index (χ0v) is 15.0. The Balaban J connectivity index is 2.16. The van der Waals surface area contributed by atoms with Crippen molar-refractivity contribution in [2.24, 2.45) is 0 Å². The molecule has 1 aromatic heterocycles. The monoisotopic (exact) mass is 378 g/mol. The molecule has 0 spiro atoms. The number of nitrogens with zero attached hydrogens (tertiary/aromatic N) is 1. The average molecular weight is 378 g/mol. The van der Waals surface area contributed by atoms with Crippen LogP contribution in [0.2, 0.25) is 0 Å². The fourth-order valence-corrected chi connectivity index (χ4v) is 6.70. The van der Waals surface area contributed by atoms with E-state index in [1.165, 1.54) is 0 Å². The summed E-state index contributed by atoms with van der Waals surface area (Å²) in [6.45, 7) is 1.65. The Hall–Kier alpha value is -2.44. The minimum absolute atomic E-state index is 0.0615. The van der Waals surface area contributed by atoms with Gasteiger partial charge in [-0.15, -0.1) is 0 Å². The third kappa shape index (κ3) is 3.06. The van der Waals surface area contributed by atoms with E-state index in [9.17, 15) is 24.1 Å². The first-order chi connectivity index (χ1) is 12.4.